The molecule has 2 bridgehead atoms. The van der Waals surface area contributed by atoms with Crippen LogP contribution < -0.4 is 0 Å². The van der Waals surface area contributed by atoms with Gasteiger partial charge in [0.2, 0.25) is 0 Å². The second kappa shape index (κ2) is 5.20. The van der Waals surface area contributed by atoms with Crippen molar-refractivity contribution < 1.29 is 14.6 Å². The fourth-order valence-corrected chi connectivity index (χ4v) is 4.21. The Morgan fingerprint density at radius 3 is 2.86 bits per heavy atom. The summed E-state index contributed by atoms with van der Waals surface area (Å²) in [6.07, 6.45) is 2.78. The van der Waals surface area contributed by atoms with Crippen molar-refractivity contribution in [2.45, 2.75) is 50.9 Å². The van der Waals surface area contributed by atoms with Crippen LogP contribution in [0.2, 0.25) is 0 Å². The van der Waals surface area contributed by atoms with Gasteiger partial charge in [0, 0.05) is 18.3 Å². The monoisotopic (exact) mass is 368 g/mol. The maximum atomic E-state index is 12.4. The van der Waals surface area contributed by atoms with Crippen molar-refractivity contribution in [2.24, 2.45) is 5.92 Å². The minimum Gasteiger partial charge on any atom is -0.444 e. The van der Waals surface area contributed by atoms with Crippen molar-refractivity contribution in [3.8, 4) is 0 Å². The van der Waals surface area contributed by atoms with E-state index in [1.165, 1.54) is 0 Å². The highest BCUT2D eigenvalue weighted by molar-refractivity contribution is 9.10. The number of rotatable bonds is 1. The molecule has 3 atom stereocenters. The molecule has 1 aliphatic heterocycles. The van der Waals surface area contributed by atoms with E-state index in [9.17, 15) is 9.90 Å². The Morgan fingerprint density at radius 1 is 1.55 bits per heavy atom. The number of likely N-dealkylation sites (tertiary alicyclic amines) is 1. The summed E-state index contributed by atoms with van der Waals surface area (Å²) in [4.78, 5) is 18.3. The minimum absolute atomic E-state index is 0.257. The lowest BCUT2D eigenvalue weighted by Crippen LogP contribution is -2.52. The number of hydrogen-bond acceptors (Lipinski definition) is 4. The van der Waals surface area contributed by atoms with Crippen LogP contribution in [0.25, 0.3) is 0 Å². The molecular formula is C16H21BrN2O3. The molecule has 0 aromatic carbocycles. The summed E-state index contributed by atoms with van der Waals surface area (Å²) in [5.74, 6) is 0.301. The van der Waals surface area contributed by atoms with Crippen molar-refractivity contribution in [2.75, 3.05) is 6.54 Å². The van der Waals surface area contributed by atoms with Crippen molar-refractivity contribution >= 4 is 22.0 Å². The number of pyridine rings is 1. The number of aliphatic hydroxyl groups is 1. The van der Waals surface area contributed by atoms with Crippen molar-refractivity contribution in [1.29, 1.82) is 0 Å². The van der Waals surface area contributed by atoms with E-state index in [4.69, 9.17) is 4.74 Å². The van der Waals surface area contributed by atoms with E-state index in [2.05, 4.69) is 20.9 Å². The summed E-state index contributed by atoms with van der Waals surface area (Å²) in [5.41, 5.74) is -0.852. The number of ether oxygens (including phenoxy) is 1. The van der Waals surface area contributed by atoms with Crippen molar-refractivity contribution in [3.63, 3.8) is 0 Å². The van der Waals surface area contributed by atoms with Crippen molar-refractivity contribution in [1.82, 2.24) is 9.88 Å². The summed E-state index contributed by atoms with van der Waals surface area (Å²) < 4.78 is 6.12. The van der Waals surface area contributed by atoms with Crippen LogP contribution in [0.1, 0.15) is 39.2 Å². The average molecular weight is 369 g/mol. The fourth-order valence-electron chi connectivity index (χ4n) is 3.62. The second-order valence-electron chi connectivity index (χ2n) is 7.22. The fraction of sp³-hybridized carbons (Fsp3) is 0.625. The summed E-state index contributed by atoms with van der Waals surface area (Å²) in [6, 6.07) is 3.42. The largest absolute Gasteiger partial charge is 0.444 e. The minimum atomic E-state index is -1.06. The second-order valence-corrected chi connectivity index (χ2v) is 7.97. The van der Waals surface area contributed by atoms with Crippen LogP contribution in [0.3, 0.4) is 0 Å². The van der Waals surface area contributed by atoms with Crippen LogP contribution in [0, 0.1) is 5.92 Å². The zero-order valence-electron chi connectivity index (χ0n) is 13.0. The normalized spacial score (nSPS) is 30.7. The Morgan fingerprint density at radius 2 is 2.27 bits per heavy atom. The first-order valence-corrected chi connectivity index (χ1v) is 8.33. The molecule has 1 saturated heterocycles. The first kappa shape index (κ1) is 15.7. The standard InChI is InChI=1S/C16H21BrN2O3/c1-15(2,3)22-14(20)19-9-10-7-12(19)16(21,8-10)11-5-4-6-18-13(11)17/h4-6,10,12,21H,7-9H2,1-3H3. The van der Waals surface area contributed by atoms with Crippen molar-refractivity contribution in [3.05, 3.63) is 28.5 Å². The summed E-state index contributed by atoms with van der Waals surface area (Å²) >= 11 is 3.41. The van der Waals surface area contributed by atoms with Gasteiger partial charge in [-0.05, 0) is 61.5 Å². The molecule has 0 spiro atoms. The smallest absolute Gasteiger partial charge is 0.410 e. The molecule has 1 N–H and O–H groups in total. The highest BCUT2D eigenvalue weighted by Crippen LogP contribution is 2.51. The van der Waals surface area contributed by atoms with Gasteiger partial charge in [-0.1, -0.05) is 6.07 Å². The van der Waals surface area contributed by atoms with E-state index < -0.39 is 11.2 Å². The number of hydrogen-bond donors (Lipinski definition) is 1. The maximum absolute atomic E-state index is 12.4. The van der Waals surface area contributed by atoms with Gasteiger partial charge in [-0.3, -0.25) is 0 Å². The number of nitrogens with zero attached hydrogens (tertiary/aromatic N) is 2. The molecular weight excluding hydrogens is 348 g/mol. The third-order valence-electron chi connectivity index (χ3n) is 4.39. The Hall–Kier alpha value is -1.14. The lowest BCUT2D eigenvalue weighted by atomic mass is 9.86. The molecule has 1 aliphatic carbocycles. The topological polar surface area (TPSA) is 62.7 Å². The number of carbonyl (C=O) groups is 1. The lowest BCUT2D eigenvalue weighted by Gasteiger charge is -2.40. The highest BCUT2D eigenvalue weighted by Gasteiger charge is 2.57. The quantitative estimate of drug-likeness (QED) is 0.773. The summed E-state index contributed by atoms with van der Waals surface area (Å²) in [7, 11) is 0. The molecule has 6 heteroatoms. The van der Waals surface area contributed by atoms with Crippen LogP contribution in [0.4, 0.5) is 4.79 Å². The van der Waals surface area contributed by atoms with E-state index in [-0.39, 0.29) is 12.1 Å². The Kier molecular flexibility index (Phi) is 3.72. The zero-order chi connectivity index (χ0) is 16.1. The van der Waals surface area contributed by atoms with Crippen LogP contribution in [0.15, 0.2) is 22.9 Å². The van der Waals surface area contributed by atoms with Gasteiger partial charge < -0.3 is 14.7 Å². The molecule has 1 aromatic heterocycles. The number of amides is 1. The molecule has 2 fully saturated rings. The molecule has 1 amide bonds. The molecule has 2 aliphatic rings. The Balaban J connectivity index is 1.88. The lowest BCUT2D eigenvalue weighted by molar-refractivity contribution is -0.0578. The van der Waals surface area contributed by atoms with Gasteiger partial charge in [0.15, 0.2) is 0 Å². The third-order valence-corrected chi connectivity index (χ3v) is 5.02. The predicted octanol–water partition coefficient (Wildman–Crippen LogP) is 3.06. The number of fused-ring (bicyclic) bond motifs is 2. The molecule has 120 valence electrons. The van der Waals surface area contributed by atoms with Crippen LogP contribution >= 0.6 is 15.9 Å². The van der Waals surface area contributed by atoms with Crippen LogP contribution in [-0.4, -0.2) is 39.3 Å². The first-order chi connectivity index (χ1) is 10.2. The average Bonchev–Trinajstić information content (AvgIpc) is 2.94. The van der Waals surface area contributed by atoms with Gasteiger partial charge >= 0.3 is 6.09 Å². The molecule has 1 saturated carbocycles. The molecule has 0 radical (unpaired) electrons. The zero-order valence-corrected chi connectivity index (χ0v) is 14.6. The third kappa shape index (κ3) is 2.63. The Labute approximate surface area is 138 Å². The van der Waals surface area contributed by atoms with Gasteiger partial charge in [0.1, 0.15) is 15.8 Å². The van der Waals surface area contributed by atoms with Gasteiger partial charge in [-0.15, -0.1) is 0 Å². The first-order valence-electron chi connectivity index (χ1n) is 7.54. The predicted molar refractivity (Wildman–Crippen MR) is 85.3 cm³/mol. The Bertz CT molecular complexity index is 601. The van der Waals surface area contributed by atoms with Gasteiger partial charge in [0.05, 0.1) is 6.04 Å². The molecule has 3 unspecified atom stereocenters. The number of halogens is 1. The van der Waals surface area contributed by atoms with Crippen LogP contribution in [-0.2, 0) is 10.3 Å². The van der Waals surface area contributed by atoms with Gasteiger partial charge in [-0.25, -0.2) is 9.78 Å². The highest BCUT2D eigenvalue weighted by atomic mass is 79.9. The molecule has 3 rings (SSSR count). The molecule has 22 heavy (non-hydrogen) atoms. The SMILES string of the molecule is CC(C)(C)OC(=O)N1CC2CC1C(O)(c1cccnc1Br)C2. The number of aromatic nitrogens is 1. The van der Waals surface area contributed by atoms with E-state index in [1.54, 1.807) is 11.1 Å². The molecule has 2 heterocycles. The number of carbonyl (C=O) groups excluding carboxylic acids is 1. The molecule has 5 nitrogen and oxygen atoms in total. The van der Waals surface area contributed by atoms with Crippen LogP contribution in [0.5, 0.6) is 0 Å². The number of piperidine rings is 1. The maximum Gasteiger partial charge on any atom is 0.410 e. The summed E-state index contributed by atoms with van der Waals surface area (Å²) in [5, 5.41) is 11.2. The molecule has 1 aromatic rings. The van der Waals surface area contributed by atoms with E-state index in [0.717, 1.165) is 12.0 Å². The summed E-state index contributed by atoms with van der Waals surface area (Å²) in [6.45, 7) is 6.20. The van der Waals surface area contributed by atoms with Gasteiger partial charge in [0.25, 0.3) is 0 Å². The van der Waals surface area contributed by atoms with E-state index in [0.29, 0.717) is 23.5 Å². The van der Waals surface area contributed by atoms with Gasteiger partial charge in [-0.2, -0.15) is 0 Å². The van der Waals surface area contributed by atoms with E-state index >= 15 is 0 Å². The van der Waals surface area contributed by atoms with E-state index in [1.807, 2.05) is 32.9 Å².